The molecule has 1 heteroatoms. The summed E-state index contributed by atoms with van der Waals surface area (Å²) in [4.78, 5) is 0. The van der Waals surface area contributed by atoms with E-state index in [-0.39, 0.29) is 24.6 Å². The molecule has 0 aromatic carbocycles. The predicted octanol–water partition coefficient (Wildman–Crippen LogP) is 5.85. The maximum atomic E-state index is 2.30. The van der Waals surface area contributed by atoms with Crippen LogP contribution in [0.15, 0.2) is 0 Å². The Bertz CT molecular complexity index is 89.5. The van der Waals surface area contributed by atoms with Gasteiger partial charge in [-0.25, -0.2) is 0 Å². The van der Waals surface area contributed by atoms with E-state index in [0.29, 0.717) is 0 Å². The normalized spacial score (nSPS) is 10.3. The maximum absolute atomic E-state index is 2.30. The summed E-state index contributed by atoms with van der Waals surface area (Å²) in [5, 5.41) is 0. The molecule has 0 fully saturated rings. The molecule has 0 aromatic rings. The van der Waals surface area contributed by atoms with Gasteiger partial charge in [-0.1, -0.05) is 0 Å². The molecule has 0 rings (SSSR count). The first-order valence-corrected chi connectivity index (χ1v) is 15.2. The van der Waals surface area contributed by atoms with E-state index in [1.165, 1.54) is 51.4 Å². The first kappa shape index (κ1) is 15.9. The van der Waals surface area contributed by atoms with Crippen LogP contribution in [0.1, 0.15) is 78.1 Å². The molecular formula is C14H30Hg. The monoisotopic (exact) mass is 400 g/mol. The molecule has 0 spiro atoms. The van der Waals surface area contributed by atoms with Gasteiger partial charge in [-0.05, 0) is 0 Å². The van der Waals surface area contributed by atoms with Crippen LogP contribution in [0.4, 0.5) is 0 Å². The third-order valence-electron chi connectivity index (χ3n) is 3.21. The van der Waals surface area contributed by atoms with Crippen molar-refractivity contribution in [3.63, 3.8) is 0 Å². The molecule has 0 amide bonds. The van der Waals surface area contributed by atoms with E-state index >= 15 is 0 Å². The molecule has 0 saturated heterocycles. The summed E-state index contributed by atoms with van der Waals surface area (Å²) in [5.41, 5.74) is 0. The quantitative estimate of drug-likeness (QED) is 0.286. The molecule has 0 radical (unpaired) electrons. The van der Waals surface area contributed by atoms with Gasteiger partial charge in [-0.2, -0.15) is 0 Å². The molecule has 0 atom stereocenters. The van der Waals surface area contributed by atoms with Crippen LogP contribution in [0.3, 0.4) is 0 Å². The second-order valence-corrected chi connectivity index (χ2v) is 13.1. The van der Waals surface area contributed by atoms with Crippen LogP contribution in [-0.4, -0.2) is 0 Å². The van der Waals surface area contributed by atoms with E-state index in [4.69, 9.17) is 0 Å². The minimum atomic E-state index is -0.342. The molecule has 15 heavy (non-hydrogen) atoms. The summed E-state index contributed by atoms with van der Waals surface area (Å²) in [5.74, 6) is 0. The summed E-state index contributed by atoms with van der Waals surface area (Å²) in [6, 6.07) is 0. The minimum absolute atomic E-state index is 0.342. The van der Waals surface area contributed by atoms with E-state index in [2.05, 4.69) is 13.8 Å². The van der Waals surface area contributed by atoms with Gasteiger partial charge in [0.15, 0.2) is 0 Å². The van der Waals surface area contributed by atoms with E-state index in [0.717, 1.165) is 0 Å². The van der Waals surface area contributed by atoms with Crippen molar-refractivity contribution in [2.24, 2.45) is 0 Å². The van der Waals surface area contributed by atoms with E-state index < -0.39 is 0 Å². The zero-order valence-electron chi connectivity index (χ0n) is 11.2. The van der Waals surface area contributed by atoms with Crippen LogP contribution < -0.4 is 0 Å². The van der Waals surface area contributed by atoms with Gasteiger partial charge in [0.1, 0.15) is 0 Å². The Kier molecular flexibility index (Phi) is 15.9. The van der Waals surface area contributed by atoms with Crippen LogP contribution in [-0.2, 0) is 24.6 Å². The zero-order valence-corrected chi connectivity index (χ0v) is 16.7. The van der Waals surface area contributed by atoms with E-state index in [1.807, 2.05) is 0 Å². The molecule has 0 aliphatic carbocycles. The second kappa shape index (κ2) is 14.9. The molecule has 0 saturated carbocycles. The van der Waals surface area contributed by atoms with Gasteiger partial charge in [0.25, 0.3) is 0 Å². The number of hydrogen-bond donors (Lipinski definition) is 0. The number of unbranched alkanes of at least 4 members (excludes halogenated alkanes) is 8. The first-order chi connectivity index (χ1) is 7.41. The Hall–Kier alpha value is 0.935. The molecular weight excluding hydrogens is 369 g/mol. The fourth-order valence-electron chi connectivity index (χ4n) is 2.09. The predicted molar refractivity (Wildman–Crippen MR) is 67.1 cm³/mol. The van der Waals surface area contributed by atoms with Gasteiger partial charge < -0.3 is 0 Å². The van der Waals surface area contributed by atoms with Crippen molar-refractivity contribution >= 4 is 0 Å². The van der Waals surface area contributed by atoms with Crippen LogP contribution in [0.2, 0.25) is 7.86 Å². The Morgan fingerprint density at radius 3 is 1.33 bits per heavy atom. The Balaban J connectivity index is 2.81. The van der Waals surface area contributed by atoms with Crippen LogP contribution >= 0.6 is 0 Å². The van der Waals surface area contributed by atoms with Crippen molar-refractivity contribution in [1.29, 1.82) is 0 Å². The topological polar surface area (TPSA) is 0 Å². The van der Waals surface area contributed by atoms with Crippen molar-refractivity contribution in [3.8, 4) is 0 Å². The standard InChI is InChI=1S/2C7H15.Hg/c2*1-3-5-7-6-4-2;/h2*1,3-7H2,2H3;. The Morgan fingerprint density at radius 1 is 0.533 bits per heavy atom. The van der Waals surface area contributed by atoms with E-state index in [9.17, 15) is 0 Å². The fourth-order valence-corrected chi connectivity index (χ4v) is 8.96. The molecule has 0 bridgehead atoms. The molecule has 0 aliphatic heterocycles. The van der Waals surface area contributed by atoms with Crippen molar-refractivity contribution < 1.29 is 24.6 Å². The van der Waals surface area contributed by atoms with Gasteiger partial charge in [0.05, 0.1) is 0 Å². The zero-order chi connectivity index (χ0) is 11.2. The Morgan fingerprint density at radius 2 is 0.933 bits per heavy atom. The molecule has 0 aromatic heterocycles. The van der Waals surface area contributed by atoms with Gasteiger partial charge in [-0.15, -0.1) is 0 Å². The van der Waals surface area contributed by atoms with Crippen molar-refractivity contribution in [2.75, 3.05) is 0 Å². The molecule has 0 heterocycles. The van der Waals surface area contributed by atoms with Gasteiger partial charge >= 0.3 is 110 Å². The summed E-state index contributed by atoms with van der Waals surface area (Å²) in [6.07, 6.45) is 14.9. The number of hydrogen-bond acceptors (Lipinski definition) is 0. The Labute approximate surface area is 110 Å². The average Bonchev–Trinajstić information content (AvgIpc) is 2.26. The van der Waals surface area contributed by atoms with E-state index in [1.54, 1.807) is 20.7 Å². The molecule has 0 N–H and O–H groups in total. The van der Waals surface area contributed by atoms with Crippen molar-refractivity contribution in [2.45, 2.75) is 85.9 Å². The molecule has 0 nitrogen and oxygen atoms in total. The van der Waals surface area contributed by atoms with Gasteiger partial charge in [0, 0.05) is 0 Å². The van der Waals surface area contributed by atoms with Gasteiger partial charge in [-0.3, -0.25) is 0 Å². The third-order valence-corrected chi connectivity index (χ3v) is 11.0. The average molecular weight is 399 g/mol. The summed E-state index contributed by atoms with van der Waals surface area (Å²) < 4.78 is 3.41. The van der Waals surface area contributed by atoms with Crippen LogP contribution in [0, 0.1) is 0 Å². The molecule has 88 valence electrons. The molecule has 0 aliphatic rings. The summed E-state index contributed by atoms with van der Waals surface area (Å²) in [7, 11) is 0. The first-order valence-electron chi connectivity index (χ1n) is 7.41. The third kappa shape index (κ3) is 14.9. The second-order valence-electron chi connectivity index (χ2n) is 4.89. The number of rotatable bonds is 12. The fraction of sp³-hybridized carbons (Fsp3) is 1.00. The molecule has 0 unspecified atom stereocenters. The summed E-state index contributed by atoms with van der Waals surface area (Å²) >= 11 is -0.342. The van der Waals surface area contributed by atoms with Crippen molar-refractivity contribution in [1.82, 2.24) is 0 Å². The SMILES string of the molecule is CCCCCC[CH2][Hg][CH2]CCCCCC. The van der Waals surface area contributed by atoms with Crippen molar-refractivity contribution in [3.05, 3.63) is 0 Å². The van der Waals surface area contributed by atoms with Crippen LogP contribution in [0.25, 0.3) is 0 Å². The van der Waals surface area contributed by atoms with Crippen LogP contribution in [0.5, 0.6) is 0 Å². The summed E-state index contributed by atoms with van der Waals surface area (Å²) in [6.45, 7) is 4.60. The van der Waals surface area contributed by atoms with Gasteiger partial charge in [0.2, 0.25) is 0 Å².